The molecule has 2 rings (SSSR count). The number of rotatable bonds is 10. The van der Waals surface area contributed by atoms with Gasteiger partial charge in [0.2, 0.25) is 0 Å². The third kappa shape index (κ3) is 6.02. The van der Waals surface area contributed by atoms with Crippen molar-refractivity contribution < 1.29 is 19.1 Å². The lowest BCUT2D eigenvalue weighted by molar-refractivity contribution is 0.176. The molecule has 0 aliphatic carbocycles. The summed E-state index contributed by atoms with van der Waals surface area (Å²) in [6, 6.07) is 15.0. The van der Waals surface area contributed by atoms with Crippen molar-refractivity contribution in [1.82, 2.24) is 0 Å². The zero-order valence-electron chi connectivity index (χ0n) is 15.9. The first-order chi connectivity index (χ1) is 13.7. The predicted molar refractivity (Wildman–Crippen MR) is 111 cm³/mol. The summed E-state index contributed by atoms with van der Waals surface area (Å²) in [6.07, 6.45) is 4.44. The van der Waals surface area contributed by atoms with Crippen molar-refractivity contribution in [3.8, 4) is 5.75 Å². The fraction of sp³-hybridized carbons (Fsp3) is 0.182. The highest BCUT2D eigenvalue weighted by Crippen LogP contribution is 2.23. The molecule has 146 valence electrons. The van der Waals surface area contributed by atoms with E-state index in [0.717, 1.165) is 16.8 Å². The van der Waals surface area contributed by atoms with E-state index in [-0.39, 0.29) is 0 Å². The normalized spacial score (nSPS) is 10.3. The van der Waals surface area contributed by atoms with Crippen LogP contribution in [-0.2, 0) is 16.2 Å². The van der Waals surface area contributed by atoms with Gasteiger partial charge in [0.15, 0.2) is 0 Å². The molecule has 2 aromatic carbocycles. The van der Waals surface area contributed by atoms with Crippen LogP contribution in [0, 0.1) is 0 Å². The van der Waals surface area contributed by atoms with Crippen LogP contribution in [0.4, 0.5) is 10.5 Å². The van der Waals surface area contributed by atoms with Gasteiger partial charge in [-0.05, 0) is 35.9 Å². The van der Waals surface area contributed by atoms with E-state index in [1.165, 1.54) is 12.0 Å². The molecule has 0 saturated carbocycles. The molecule has 0 fully saturated rings. The van der Waals surface area contributed by atoms with E-state index in [1.54, 1.807) is 18.4 Å². The number of hydrogen-bond acceptors (Lipinski definition) is 5. The first kappa shape index (κ1) is 20.8. The first-order valence-corrected chi connectivity index (χ1v) is 8.73. The summed E-state index contributed by atoms with van der Waals surface area (Å²) in [5.41, 5.74) is 2.47. The smallest absolute Gasteiger partial charge is 0.414 e. The number of methoxy groups -OCH3 is 1. The fourth-order valence-electron chi connectivity index (χ4n) is 2.41. The topological polar surface area (TPSA) is 60.4 Å². The van der Waals surface area contributed by atoms with Gasteiger partial charge < -0.3 is 14.3 Å². The van der Waals surface area contributed by atoms with Crippen LogP contribution >= 0.6 is 0 Å². The summed E-state index contributed by atoms with van der Waals surface area (Å²) in [7, 11) is 1.35. The molecule has 2 aromatic rings. The van der Waals surface area contributed by atoms with E-state index in [4.69, 9.17) is 14.3 Å². The second-order valence-electron chi connectivity index (χ2n) is 5.67. The van der Waals surface area contributed by atoms with Gasteiger partial charge in [-0.3, -0.25) is 4.90 Å². The summed E-state index contributed by atoms with van der Waals surface area (Å²) >= 11 is 0. The van der Waals surface area contributed by atoms with Crippen molar-refractivity contribution in [3.05, 3.63) is 85.0 Å². The minimum absolute atomic E-state index is 0.302. The van der Waals surface area contributed by atoms with Crippen molar-refractivity contribution >= 4 is 18.0 Å². The Morgan fingerprint density at radius 1 is 1.11 bits per heavy atom. The van der Waals surface area contributed by atoms with Crippen molar-refractivity contribution in [2.45, 2.75) is 6.61 Å². The van der Waals surface area contributed by atoms with Gasteiger partial charge in [-0.1, -0.05) is 42.1 Å². The van der Waals surface area contributed by atoms with Crippen LogP contribution in [0.5, 0.6) is 5.75 Å². The van der Waals surface area contributed by atoms with Gasteiger partial charge in [0.1, 0.15) is 19.0 Å². The molecule has 6 nitrogen and oxygen atoms in total. The van der Waals surface area contributed by atoms with Crippen molar-refractivity contribution in [2.24, 2.45) is 5.16 Å². The third-order valence-electron chi connectivity index (χ3n) is 3.73. The number of benzene rings is 2. The van der Waals surface area contributed by atoms with Crippen molar-refractivity contribution in [3.63, 3.8) is 0 Å². The first-order valence-electron chi connectivity index (χ1n) is 8.73. The molecule has 28 heavy (non-hydrogen) atoms. The number of ether oxygens (including phenoxy) is 2. The zero-order chi connectivity index (χ0) is 20.2. The second-order valence-corrected chi connectivity index (χ2v) is 5.67. The number of carbonyl (C=O) groups excluding carboxylic acids is 1. The van der Waals surface area contributed by atoms with Crippen molar-refractivity contribution in [2.75, 3.05) is 25.2 Å². The summed E-state index contributed by atoms with van der Waals surface area (Å²) in [5.74, 6) is 0.701. The number of carbonyl (C=O) groups is 1. The number of oxime groups is 1. The molecule has 0 aromatic heterocycles. The van der Waals surface area contributed by atoms with E-state index in [1.807, 2.05) is 48.5 Å². The Hall–Kier alpha value is -3.54. The van der Waals surface area contributed by atoms with Gasteiger partial charge in [-0.25, -0.2) is 4.79 Å². The van der Waals surface area contributed by atoms with E-state index in [2.05, 4.69) is 18.3 Å². The molecule has 0 atom stereocenters. The maximum atomic E-state index is 12.1. The van der Waals surface area contributed by atoms with Crippen molar-refractivity contribution in [1.29, 1.82) is 0 Å². The van der Waals surface area contributed by atoms with Crippen LogP contribution in [0.1, 0.15) is 11.1 Å². The molecule has 6 heteroatoms. The van der Waals surface area contributed by atoms with E-state index >= 15 is 0 Å². The molecule has 0 radical (unpaired) electrons. The lowest BCUT2D eigenvalue weighted by atomic mass is 10.1. The Labute approximate surface area is 165 Å². The molecule has 0 unspecified atom stereocenters. The van der Waals surface area contributed by atoms with Gasteiger partial charge in [-0.15, -0.1) is 6.58 Å². The Kier molecular flexibility index (Phi) is 8.33. The quantitative estimate of drug-likeness (QED) is 0.262. The minimum Gasteiger partial charge on any atom is -0.489 e. The monoisotopic (exact) mass is 380 g/mol. The fourth-order valence-corrected chi connectivity index (χ4v) is 2.41. The molecule has 0 N–H and O–H groups in total. The summed E-state index contributed by atoms with van der Waals surface area (Å²) < 4.78 is 10.7. The maximum Gasteiger partial charge on any atom is 0.414 e. The van der Waals surface area contributed by atoms with Gasteiger partial charge in [-0.2, -0.15) is 0 Å². The van der Waals surface area contributed by atoms with Crippen LogP contribution in [0.25, 0.3) is 0 Å². The Bertz CT molecular complexity index is 816. The van der Waals surface area contributed by atoms with Crippen LogP contribution in [-0.4, -0.2) is 32.6 Å². The van der Waals surface area contributed by atoms with Gasteiger partial charge >= 0.3 is 6.09 Å². The summed E-state index contributed by atoms with van der Waals surface area (Å²) in [6.45, 7) is 8.26. The molecular formula is C22H24N2O4. The lowest BCUT2D eigenvalue weighted by Gasteiger charge is -2.22. The van der Waals surface area contributed by atoms with Crippen LogP contribution < -0.4 is 9.64 Å². The van der Waals surface area contributed by atoms with E-state index < -0.39 is 6.09 Å². The predicted octanol–water partition coefficient (Wildman–Crippen LogP) is 4.56. The molecular weight excluding hydrogens is 356 g/mol. The molecule has 0 aliphatic heterocycles. The molecule has 0 saturated heterocycles. The lowest BCUT2D eigenvalue weighted by Crippen LogP contribution is -2.31. The Balaban J connectivity index is 2.06. The van der Waals surface area contributed by atoms with Gasteiger partial charge in [0, 0.05) is 12.1 Å². The number of anilines is 1. The standard InChI is InChI=1S/C22H24N2O4/c1-4-14-24(22(25)26-3)21-9-7-6-8-19(21)17-27-20-12-10-18(11-13-20)16-23-28-15-5-2/h4-13,16H,1-2,14-15,17H2,3H3/b23-16+. The number of para-hydroxylation sites is 1. The number of nitrogens with zero attached hydrogens (tertiary/aromatic N) is 2. The molecule has 0 spiro atoms. The summed E-state index contributed by atoms with van der Waals surface area (Å²) in [4.78, 5) is 18.6. The third-order valence-corrected chi connectivity index (χ3v) is 3.73. The van der Waals surface area contributed by atoms with Crippen LogP contribution in [0.2, 0.25) is 0 Å². The molecule has 1 amide bonds. The van der Waals surface area contributed by atoms with E-state index in [0.29, 0.717) is 25.5 Å². The molecule has 0 heterocycles. The van der Waals surface area contributed by atoms with Gasteiger partial charge in [0.25, 0.3) is 0 Å². The maximum absolute atomic E-state index is 12.1. The SMILES string of the molecule is C=CCO/N=C/c1ccc(OCc2ccccc2N(CC=C)C(=O)OC)cc1. The average Bonchev–Trinajstić information content (AvgIpc) is 2.74. The van der Waals surface area contributed by atoms with Crippen LogP contribution in [0.15, 0.2) is 79.0 Å². The number of amides is 1. The van der Waals surface area contributed by atoms with E-state index in [9.17, 15) is 4.79 Å². The Morgan fingerprint density at radius 2 is 1.86 bits per heavy atom. The van der Waals surface area contributed by atoms with Crippen LogP contribution in [0.3, 0.4) is 0 Å². The average molecular weight is 380 g/mol. The summed E-state index contributed by atoms with van der Waals surface area (Å²) in [5, 5.41) is 3.83. The molecule has 0 aliphatic rings. The van der Waals surface area contributed by atoms with Gasteiger partial charge in [0.05, 0.1) is 19.0 Å². The number of hydrogen-bond donors (Lipinski definition) is 0. The highest BCUT2D eigenvalue weighted by atomic mass is 16.6. The Morgan fingerprint density at radius 3 is 2.54 bits per heavy atom. The minimum atomic E-state index is -0.449. The zero-order valence-corrected chi connectivity index (χ0v) is 15.9. The highest BCUT2D eigenvalue weighted by Gasteiger charge is 2.17. The highest BCUT2D eigenvalue weighted by molar-refractivity contribution is 5.88. The molecule has 0 bridgehead atoms. The second kappa shape index (κ2) is 11.2. The largest absolute Gasteiger partial charge is 0.489 e.